The number of nitrogens with zero attached hydrogens (tertiary/aromatic N) is 4. The van der Waals surface area contributed by atoms with Crippen LogP contribution in [0, 0.1) is 11.6 Å². The van der Waals surface area contributed by atoms with E-state index in [0.717, 1.165) is 50.7 Å². The Hall–Kier alpha value is -2.28. The summed E-state index contributed by atoms with van der Waals surface area (Å²) in [5, 5.41) is 4.29. The monoisotopic (exact) mass is 392 g/mol. The van der Waals surface area contributed by atoms with Gasteiger partial charge >= 0.3 is 0 Å². The predicted molar refractivity (Wildman–Crippen MR) is 98.1 cm³/mol. The van der Waals surface area contributed by atoms with Crippen molar-refractivity contribution in [1.29, 1.82) is 0 Å². The molecule has 2 aromatic heterocycles. The van der Waals surface area contributed by atoms with Crippen molar-refractivity contribution in [2.75, 3.05) is 7.11 Å². The summed E-state index contributed by atoms with van der Waals surface area (Å²) in [4.78, 5) is 8.32. The number of rotatable bonds is 3. The smallest absolute Gasteiger partial charge is 0.253 e. The highest BCUT2D eigenvalue weighted by atomic mass is 35.5. The van der Waals surface area contributed by atoms with Crippen LogP contribution in [0.5, 0.6) is 5.75 Å². The van der Waals surface area contributed by atoms with Crippen LogP contribution in [0.3, 0.4) is 0 Å². The van der Waals surface area contributed by atoms with Crippen molar-refractivity contribution in [3.63, 3.8) is 0 Å². The average Bonchev–Trinajstić information content (AvgIpc) is 2.94. The minimum atomic E-state index is -0.745. The molecular formula is C19H19ClF2N4O. The van der Waals surface area contributed by atoms with Gasteiger partial charge in [-0.2, -0.15) is 15.1 Å². The highest BCUT2D eigenvalue weighted by Gasteiger charge is 2.29. The number of halogens is 3. The van der Waals surface area contributed by atoms with Gasteiger partial charge in [0.25, 0.3) is 5.78 Å². The lowest BCUT2D eigenvalue weighted by Gasteiger charge is -2.21. The van der Waals surface area contributed by atoms with E-state index in [0.29, 0.717) is 11.5 Å². The fourth-order valence-corrected chi connectivity index (χ4v) is 4.17. The Labute approximate surface area is 160 Å². The summed E-state index contributed by atoms with van der Waals surface area (Å²) in [6.45, 7) is 0. The van der Waals surface area contributed by atoms with Crippen LogP contribution >= 0.6 is 11.6 Å². The van der Waals surface area contributed by atoms with Crippen molar-refractivity contribution in [2.45, 2.75) is 44.4 Å². The maximum absolute atomic E-state index is 14.9. The molecule has 0 radical (unpaired) electrons. The van der Waals surface area contributed by atoms with Gasteiger partial charge in [0.05, 0.1) is 18.4 Å². The summed E-state index contributed by atoms with van der Waals surface area (Å²) in [6.07, 6.45) is 7.58. The predicted octanol–water partition coefficient (Wildman–Crippen LogP) is 5.17. The highest BCUT2D eigenvalue weighted by Crippen LogP contribution is 2.42. The lowest BCUT2D eigenvalue weighted by molar-refractivity contribution is 0.407. The molecule has 1 aliphatic carbocycles. The van der Waals surface area contributed by atoms with Gasteiger partial charge in [-0.15, -0.1) is 0 Å². The summed E-state index contributed by atoms with van der Waals surface area (Å²) in [7, 11) is 1.36. The topological polar surface area (TPSA) is 52.3 Å². The number of hydrogen-bond donors (Lipinski definition) is 0. The van der Waals surface area contributed by atoms with Gasteiger partial charge in [-0.1, -0.05) is 37.3 Å². The first-order chi connectivity index (χ1) is 13.1. The molecule has 1 saturated carbocycles. The number of hydrogen-bond acceptors (Lipinski definition) is 4. The largest absolute Gasteiger partial charge is 0.497 e. The zero-order chi connectivity index (χ0) is 19.0. The lowest BCUT2D eigenvalue weighted by atomic mass is 9.90. The number of methoxy groups -OCH3 is 1. The highest BCUT2D eigenvalue weighted by molar-refractivity contribution is 6.32. The molecule has 8 heteroatoms. The van der Waals surface area contributed by atoms with Crippen molar-refractivity contribution in [1.82, 2.24) is 19.6 Å². The van der Waals surface area contributed by atoms with Crippen LogP contribution in [0.4, 0.5) is 8.78 Å². The van der Waals surface area contributed by atoms with Gasteiger partial charge in [0.1, 0.15) is 28.9 Å². The maximum atomic E-state index is 14.9. The molecule has 3 aromatic rings. The molecule has 0 spiro atoms. The maximum Gasteiger partial charge on any atom is 0.253 e. The molecule has 0 aliphatic heterocycles. The third kappa shape index (κ3) is 3.25. The molecule has 0 atom stereocenters. The van der Waals surface area contributed by atoms with Crippen LogP contribution in [-0.4, -0.2) is 26.7 Å². The number of fused-ring (bicyclic) bond motifs is 1. The van der Waals surface area contributed by atoms with Crippen LogP contribution in [0.15, 0.2) is 18.5 Å². The third-order valence-corrected chi connectivity index (χ3v) is 5.44. The molecule has 1 fully saturated rings. The van der Waals surface area contributed by atoms with Gasteiger partial charge in [0, 0.05) is 23.6 Å². The Morgan fingerprint density at radius 2 is 1.74 bits per heavy atom. The Morgan fingerprint density at radius 1 is 1.07 bits per heavy atom. The van der Waals surface area contributed by atoms with Crippen molar-refractivity contribution < 1.29 is 13.5 Å². The van der Waals surface area contributed by atoms with E-state index < -0.39 is 11.6 Å². The van der Waals surface area contributed by atoms with Crippen LogP contribution in [0.25, 0.3) is 16.9 Å². The average molecular weight is 393 g/mol. The van der Waals surface area contributed by atoms with Gasteiger partial charge in [-0.05, 0) is 12.8 Å². The third-order valence-electron chi connectivity index (χ3n) is 5.16. The lowest BCUT2D eigenvalue weighted by Crippen LogP contribution is -2.12. The first kappa shape index (κ1) is 18.1. The molecule has 4 rings (SSSR count). The van der Waals surface area contributed by atoms with Gasteiger partial charge in [-0.3, -0.25) is 0 Å². The summed E-state index contributed by atoms with van der Waals surface area (Å²) in [5.41, 5.74) is 0.719. The molecular weight excluding hydrogens is 374 g/mol. The molecule has 1 aromatic carbocycles. The number of benzene rings is 1. The minimum Gasteiger partial charge on any atom is -0.497 e. The fraction of sp³-hybridized carbons (Fsp3) is 0.421. The van der Waals surface area contributed by atoms with Crippen LogP contribution in [-0.2, 0) is 0 Å². The molecule has 2 heterocycles. The van der Waals surface area contributed by atoms with E-state index in [1.807, 2.05) is 0 Å². The summed E-state index contributed by atoms with van der Waals surface area (Å²) >= 11 is 6.42. The normalized spacial score (nSPS) is 15.9. The summed E-state index contributed by atoms with van der Waals surface area (Å²) < 4.78 is 36.3. The SMILES string of the molecule is COc1cc(F)c(-c2c(Cl)nc3ncnn3c2C2CCCCCC2)c(F)c1. The molecule has 0 bridgehead atoms. The standard InChI is InChI=1S/C19H19ClF2N4O/c1-27-12-8-13(21)15(14(22)9-12)16-17(11-6-4-2-3-5-7-11)26-19(23-10-24-26)25-18(16)20/h8-11H,2-7H2,1H3. The van der Waals surface area contributed by atoms with E-state index in [9.17, 15) is 8.78 Å². The molecule has 0 saturated heterocycles. The fourth-order valence-electron chi connectivity index (χ4n) is 3.90. The zero-order valence-corrected chi connectivity index (χ0v) is 15.6. The molecule has 0 N–H and O–H groups in total. The second kappa shape index (κ2) is 7.38. The second-order valence-corrected chi connectivity index (χ2v) is 7.15. The Balaban J connectivity index is 2.00. The van der Waals surface area contributed by atoms with Crippen molar-refractivity contribution >= 4 is 17.4 Å². The number of ether oxygens (including phenoxy) is 1. The van der Waals surface area contributed by atoms with E-state index in [-0.39, 0.29) is 27.9 Å². The van der Waals surface area contributed by atoms with E-state index in [2.05, 4.69) is 15.1 Å². The second-order valence-electron chi connectivity index (χ2n) is 6.79. The molecule has 1 aliphatic rings. The minimum absolute atomic E-state index is 0.0257. The van der Waals surface area contributed by atoms with E-state index in [1.54, 1.807) is 4.52 Å². The Bertz CT molecular complexity index is 960. The van der Waals surface area contributed by atoms with Gasteiger partial charge in [-0.25, -0.2) is 13.3 Å². The van der Waals surface area contributed by atoms with E-state index in [1.165, 1.54) is 13.4 Å². The molecule has 142 valence electrons. The first-order valence-electron chi connectivity index (χ1n) is 9.02. The van der Waals surface area contributed by atoms with Crippen molar-refractivity contribution in [2.24, 2.45) is 0 Å². The zero-order valence-electron chi connectivity index (χ0n) is 14.9. The van der Waals surface area contributed by atoms with Gasteiger partial charge < -0.3 is 4.74 Å². The Kier molecular flexibility index (Phi) is 4.95. The van der Waals surface area contributed by atoms with Crippen molar-refractivity contribution in [3.05, 3.63) is 40.9 Å². The van der Waals surface area contributed by atoms with Gasteiger partial charge in [0.2, 0.25) is 0 Å². The molecule has 0 unspecified atom stereocenters. The quantitative estimate of drug-likeness (QED) is 0.456. The van der Waals surface area contributed by atoms with Crippen LogP contribution in [0.2, 0.25) is 5.15 Å². The molecule has 0 amide bonds. The first-order valence-corrected chi connectivity index (χ1v) is 9.40. The Morgan fingerprint density at radius 3 is 2.37 bits per heavy atom. The van der Waals surface area contributed by atoms with Crippen LogP contribution < -0.4 is 4.74 Å². The van der Waals surface area contributed by atoms with Gasteiger partial charge in [0.15, 0.2) is 0 Å². The molecule has 5 nitrogen and oxygen atoms in total. The van der Waals surface area contributed by atoms with E-state index in [4.69, 9.17) is 16.3 Å². The summed E-state index contributed by atoms with van der Waals surface area (Å²) in [5.74, 6) is -0.976. The summed E-state index contributed by atoms with van der Waals surface area (Å²) in [6, 6.07) is 2.30. The molecule has 27 heavy (non-hydrogen) atoms. The van der Waals surface area contributed by atoms with Crippen molar-refractivity contribution in [3.8, 4) is 16.9 Å². The van der Waals surface area contributed by atoms with E-state index >= 15 is 0 Å². The number of aromatic nitrogens is 4. The van der Waals surface area contributed by atoms with Crippen LogP contribution in [0.1, 0.15) is 50.1 Å².